The van der Waals surface area contributed by atoms with E-state index in [9.17, 15) is 23.4 Å². The molecule has 2 aromatic heterocycles. The molecule has 0 radical (unpaired) electrons. The van der Waals surface area contributed by atoms with Crippen LogP contribution in [-0.2, 0) is 34.4 Å². The minimum Gasteiger partial charge on any atom is -0.492 e. The van der Waals surface area contributed by atoms with Gasteiger partial charge in [0.1, 0.15) is 36.6 Å². The van der Waals surface area contributed by atoms with Crippen LogP contribution in [0.1, 0.15) is 23.1 Å². The Balaban J connectivity index is 1.22. The maximum atomic E-state index is 12.1. The van der Waals surface area contributed by atoms with Crippen molar-refractivity contribution in [2.45, 2.75) is 43.2 Å². The van der Waals surface area contributed by atoms with E-state index in [1.54, 1.807) is 17.0 Å². The highest BCUT2D eigenvalue weighted by Gasteiger charge is 2.36. The Morgan fingerprint density at radius 3 is 2.31 bits per heavy atom. The van der Waals surface area contributed by atoms with E-state index in [0.29, 0.717) is 63.3 Å². The number of hydrogen-bond acceptors (Lipinski definition) is 12. The molecule has 1 aliphatic rings. The zero-order valence-corrected chi connectivity index (χ0v) is 34.4. The maximum absolute atomic E-state index is 12.1. The lowest BCUT2D eigenvalue weighted by molar-refractivity contribution is -0.142. The number of hydrogen-bond donors (Lipinski definition) is 4. The summed E-state index contributed by atoms with van der Waals surface area (Å²) in [6, 6.07) is 20.8. The van der Waals surface area contributed by atoms with Crippen molar-refractivity contribution in [3.63, 3.8) is 0 Å². The van der Waals surface area contributed by atoms with Gasteiger partial charge in [0.05, 0.1) is 27.7 Å². The van der Waals surface area contributed by atoms with E-state index >= 15 is 0 Å². The molecule has 4 N–H and O–H groups in total. The van der Waals surface area contributed by atoms with Gasteiger partial charge in [-0.05, 0) is 29.8 Å². The van der Waals surface area contributed by atoms with Crippen LogP contribution in [0.3, 0.4) is 0 Å². The summed E-state index contributed by atoms with van der Waals surface area (Å²) >= 11 is 20.7. The largest absolute Gasteiger partial charge is 0.492 e. The number of ether oxygens (including phenoxy) is 3. The van der Waals surface area contributed by atoms with Gasteiger partial charge in [-0.25, -0.2) is 8.42 Å². The maximum Gasteiger partial charge on any atom is 0.321 e. The van der Waals surface area contributed by atoms with Crippen LogP contribution in [0.2, 0.25) is 15.1 Å². The predicted molar refractivity (Wildman–Crippen MR) is 220 cm³/mol. The molecule has 5 aromatic rings. The zero-order valence-electron chi connectivity index (χ0n) is 31.3. The molecule has 3 aromatic carbocycles. The van der Waals surface area contributed by atoms with E-state index in [1.165, 1.54) is 18.5 Å². The number of carboxylic acids is 1. The van der Waals surface area contributed by atoms with Crippen molar-refractivity contribution in [3.05, 3.63) is 117 Å². The highest BCUT2D eigenvalue weighted by Crippen LogP contribution is 2.41. The highest BCUT2D eigenvalue weighted by atomic mass is 35.5. The summed E-state index contributed by atoms with van der Waals surface area (Å²) in [5.41, 5.74) is 4.55. The molecule has 0 bridgehead atoms. The molecule has 0 amide bonds. The lowest BCUT2D eigenvalue weighted by Gasteiger charge is -2.22. The summed E-state index contributed by atoms with van der Waals surface area (Å²) < 4.78 is 42.3. The second-order valence-corrected chi connectivity index (χ2v) is 16.8. The predicted octanol–water partition coefficient (Wildman–Crippen LogP) is 6.31. The van der Waals surface area contributed by atoms with Gasteiger partial charge < -0.3 is 34.8 Å². The molecule has 0 unspecified atom stereocenters. The molecule has 2 atom stereocenters. The van der Waals surface area contributed by atoms with E-state index in [2.05, 4.69) is 15.3 Å². The number of sulfone groups is 1. The second-order valence-electron chi connectivity index (χ2n) is 13.6. The first-order chi connectivity index (χ1) is 27.8. The number of rotatable bonds is 18. The first kappa shape index (κ1) is 43.1. The molecule has 3 heterocycles. The van der Waals surface area contributed by atoms with Gasteiger partial charge in [0, 0.05) is 84.6 Å². The number of benzene rings is 3. The molecule has 6 rings (SSSR count). The van der Waals surface area contributed by atoms with Gasteiger partial charge in [-0.3, -0.25) is 14.7 Å². The fourth-order valence-corrected chi connectivity index (χ4v) is 7.91. The molecular formula is C41H41Cl3N4O9S. The number of likely N-dealkylation sites (tertiary alicyclic amines) is 1. The number of carboxylic acid groups (broad SMARTS) is 1. The Labute approximate surface area is 351 Å². The van der Waals surface area contributed by atoms with Gasteiger partial charge in [-0.2, -0.15) is 4.98 Å². The molecule has 0 spiro atoms. The van der Waals surface area contributed by atoms with Gasteiger partial charge in [0.2, 0.25) is 11.8 Å². The standard InChI is InChI=1S/C41H41Cl3N4O9S/c1-58(53,54)31-16-25(19-46-20-31)23-56-39-28(21-48-22-29(50)18-36(48)41(51)52)17-35(42)40(47-39)57-24-27-4-2-6-33(37(27)43)34-7-3-5-32(38(34)44)26-8-10-30(11-9-26)55-15-13-45-12-14-49/h2-11,16-17,19-20,29,36,45,49-50H,12-15,18,21-24H2,1H3,(H,51,52)/t29-,36-/m0/s1. The summed E-state index contributed by atoms with van der Waals surface area (Å²) in [5, 5.41) is 33.0. The van der Waals surface area contributed by atoms with Gasteiger partial charge in [-0.15, -0.1) is 0 Å². The Bertz CT molecular complexity index is 2350. The van der Waals surface area contributed by atoms with Crippen LogP contribution in [0.5, 0.6) is 17.5 Å². The van der Waals surface area contributed by atoms with Crippen molar-refractivity contribution in [1.29, 1.82) is 0 Å². The number of β-amino-alcohol motifs (C(OH)–C–C–N with tert-alkyl or cyclic N) is 1. The zero-order chi connectivity index (χ0) is 41.4. The monoisotopic (exact) mass is 870 g/mol. The first-order valence-corrected chi connectivity index (χ1v) is 21.2. The summed E-state index contributed by atoms with van der Waals surface area (Å²) in [5.74, 6) is -0.299. The van der Waals surface area contributed by atoms with Gasteiger partial charge in [0.25, 0.3) is 0 Å². The van der Waals surface area contributed by atoms with Crippen molar-refractivity contribution < 1.29 is 42.7 Å². The number of aliphatic carboxylic acids is 1. The highest BCUT2D eigenvalue weighted by molar-refractivity contribution is 7.90. The molecule has 0 aliphatic carbocycles. The van der Waals surface area contributed by atoms with Crippen molar-refractivity contribution >= 4 is 50.6 Å². The van der Waals surface area contributed by atoms with E-state index < -0.39 is 28.0 Å². The number of aliphatic hydroxyl groups excluding tert-OH is 2. The minimum absolute atomic E-state index is 0.00928. The van der Waals surface area contributed by atoms with Crippen LogP contribution in [0, 0.1) is 0 Å². The van der Waals surface area contributed by atoms with Crippen molar-refractivity contribution in [3.8, 4) is 39.8 Å². The van der Waals surface area contributed by atoms with Gasteiger partial charge in [0.15, 0.2) is 9.84 Å². The normalized spacial score (nSPS) is 15.7. The number of nitrogens with one attached hydrogen (secondary N) is 1. The first-order valence-electron chi connectivity index (χ1n) is 18.2. The molecule has 306 valence electrons. The molecule has 1 aliphatic heterocycles. The molecule has 0 saturated carbocycles. The Hall–Kier alpha value is -4.51. The average molecular weight is 872 g/mol. The summed E-state index contributed by atoms with van der Waals surface area (Å²) in [7, 11) is -3.53. The molecule has 17 heteroatoms. The third-order valence-electron chi connectivity index (χ3n) is 9.33. The van der Waals surface area contributed by atoms with Crippen LogP contribution in [0.25, 0.3) is 22.3 Å². The molecule has 1 fully saturated rings. The Morgan fingerprint density at radius 1 is 0.879 bits per heavy atom. The lowest BCUT2D eigenvalue weighted by atomic mass is 9.97. The number of pyridine rings is 2. The number of halogens is 3. The van der Waals surface area contributed by atoms with Crippen LogP contribution < -0.4 is 19.5 Å². The average Bonchev–Trinajstić information content (AvgIpc) is 3.57. The summed E-state index contributed by atoms with van der Waals surface area (Å²) in [6.07, 6.45) is 3.01. The fourth-order valence-electron chi connectivity index (χ4n) is 6.44. The van der Waals surface area contributed by atoms with E-state index in [-0.39, 0.29) is 61.0 Å². The van der Waals surface area contributed by atoms with E-state index in [1.807, 2.05) is 54.6 Å². The SMILES string of the molecule is CS(=O)(=O)c1cncc(COc2nc(OCc3cccc(-c4cccc(-c5ccc(OCCNCCO)cc5)c4Cl)c3Cl)c(Cl)cc2CN2C[C@@H](O)C[C@H]2C(=O)O)c1. The van der Waals surface area contributed by atoms with Crippen LogP contribution in [0.15, 0.2) is 90.1 Å². The Kier molecular flexibility index (Phi) is 14.5. The quantitative estimate of drug-likeness (QED) is 0.0721. The van der Waals surface area contributed by atoms with E-state index in [0.717, 1.165) is 17.4 Å². The van der Waals surface area contributed by atoms with Gasteiger partial charge in [-0.1, -0.05) is 83.3 Å². The number of aliphatic hydroxyl groups is 2. The molecule has 13 nitrogen and oxygen atoms in total. The third kappa shape index (κ3) is 10.8. The lowest BCUT2D eigenvalue weighted by Crippen LogP contribution is -2.35. The fraction of sp³-hybridized carbons (Fsp3) is 0.293. The summed E-state index contributed by atoms with van der Waals surface area (Å²) in [6.45, 7) is 1.61. The number of nitrogens with zero attached hydrogens (tertiary/aromatic N) is 3. The Morgan fingerprint density at radius 2 is 1.59 bits per heavy atom. The minimum atomic E-state index is -3.53. The van der Waals surface area contributed by atoms with Crippen LogP contribution in [0.4, 0.5) is 0 Å². The topological polar surface area (TPSA) is 181 Å². The second kappa shape index (κ2) is 19.5. The molecular weight excluding hydrogens is 831 g/mol. The smallest absolute Gasteiger partial charge is 0.321 e. The van der Waals surface area contributed by atoms with E-state index in [4.69, 9.17) is 54.1 Å². The third-order valence-corrected chi connectivity index (χ3v) is 11.5. The molecule has 1 saturated heterocycles. The number of carbonyl (C=O) groups is 1. The van der Waals surface area contributed by atoms with Gasteiger partial charge >= 0.3 is 5.97 Å². The molecule has 58 heavy (non-hydrogen) atoms. The van der Waals surface area contributed by atoms with Crippen molar-refractivity contribution in [2.75, 3.05) is 39.1 Å². The number of aromatic nitrogens is 2. The van der Waals surface area contributed by atoms with Crippen molar-refractivity contribution in [2.24, 2.45) is 0 Å². The summed E-state index contributed by atoms with van der Waals surface area (Å²) in [4.78, 5) is 22.2. The van der Waals surface area contributed by atoms with Crippen molar-refractivity contribution in [1.82, 2.24) is 20.2 Å². The van der Waals surface area contributed by atoms with Crippen LogP contribution in [-0.4, -0.2) is 95.8 Å². The van der Waals surface area contributed by atoms with Crippen LogP contribution >= 0.6 is 34.8 Å².